The minimum atomic E-state index is -0.682. The third-order valence-electron chi connectivity index (χ3n) is 2.29. The molecule has 0 radical (unpaired) electrons. The summed E-state index contributed by atoms with van der Waals surface area (Å²) >= 11 is 0. The van der Waals surface area contributed by atoms with Crippen LogP contribution in [0, 0.1) is 11.8 Å². The van der Waals surface area contributed by atoms with Gasteiger partial charge < -0.3 is 5.32 Å². The standard InChI is InChI=1S/C13H10F2N2O/c14-10-5-2-1-4-9(10)8-13(18)17-12-7-3-6-11(15)16-12/h1-7H,8H2,(H,16,17,18). The van der Waals surface area contributed by atoms with Crippen LogP contribution < -0.4 is 5.32 Å². The molecule has 18 heavy (non-hydrogen) atoms. The molecule has 1 amide bonds. The molecule has 3 nitrogen and oxygen atoms in total. The van der Waals surface area contributed by atoms with Crippen molar-refractivity contribution in [1.82, 2.24) is 4.98 Å². The van der Waals surface area contributed by atoms with Crippen molar-refractivity contribution in [2.24, 2.45) is 0 Å². The van der Waals surface area contributed by atoms with E-state index in [2.05, 4.69) is 10.3 Å². The van der Waals surface area contributed by atoms with E-state index in [-0.39, 0.29) is 17.8 Å². The van der Waals surface area contributed by atoms with Crippen molar-refractivity contribution in [3.63, 3.8) is 0 Å². The minimum Gasteiger partial charge on any atom is -0.310 e. The van der Waals surface area contributed by atoms with Crippen LogP contribution in [0.3, 0.4) is 0 Å². The highest BCUT2D eigenvalue weighted by atomic mass is 19.1. The van der Waals surface area contributed by atoms with Gasteiger partial charge in [0, 0.05) is 0 Å². The number of anilines is 1. The summed E-state index contributed by atoms with van der Waals surface area (Å²) in [6, 6.07) is 10.1. The first kappa shape index (κ1) is 12.2. The summed E-state index contributed by atoms with van der Waals surface area (Å²) in [7, 11) is 0. The number of carbonyl (C=O) groups is 1. The van der Waals surface area contributed by atoms with Gasteiger partial charge in [-0.3, -0.25) is 4.79 Å². The molecule has 0 fully saturated rings. The summed E-state index contributed by atoms with van der Waals surface area (Å²) < 4.78 is 26.1. The largest absolute Gasteiger partial charge is 0.310 e. The predicted octanol–water partition coefficient (Wildman–Crippen LogP) is 2.54. The lowest BCUT2D eigenvalue weighted by Crippen LogP contribution is -2.16. The van der Waals surface area contributed by atoms with E-state index in [1.807, 2.05) is 0 Å². The second-order valence-corrected chi connectivity index (χ2v) is 3.66. The molecule has 1 aromatic heterocycles. The summed E-state index contributed by atoms with van der Waals surface area (Å²) in [4.78, 5) is 15.1. The van der Waals surface area contributed by atoms with Crippen LogP contribution in [-0.2, 0) is 11.2 Å². The number of rotatable bonds is 3. The maximum Gasteiger partial charge on any atom is 0.230 e. The number of pyridine rings is 1. The minimum absolute atomic E-state index is 0.108. The van der Waals surface area contributed by atoms with Crippen LogP contribution in [0.1, 0.15) is 5.56 Å². The van der Waals surface area contributed by atoms with Crippen LogP contribution in [0.15, 0.2) is 42.5 Å². The van der Waals surface area contributed by atoms with E-state index < -0.39 is 17.7 Å². The van der Waals surface area contributed by atoms with Crippen LogP contribution in [0.4, 0.5) is 14.6 Å². The lowest BCUT2D eigenvalue weighted by molar-refractivity contribution is -0.115. The molecular weight excluding hydrogens is 238 g/mol. The zero-order valence-corrected chi connectivity index (χ0v) is 9.36. The molecule has 92 valence electrons. The summed E-state index contributed by atoms with van der Waals surface area (Å²) in [6.07, 6.45) is -0.120. The Morgan fingerprint density at radius 1 is 1.11 bits per heavy atom. The first-order valence-electron chi connectivity index (χ1n) is 5.31. The molecule has 2 aromatic rings. The maximum absolute atomic E-state index is 13.3. The molecule has 0 saturated carbocycles. The zero-order valence-electron chi connectivity index (χ0n) is 9.36. The highest BCUT2D eigenvalue weighted by Crippen LogP contribution is 2.09. The van der Waals surface area contributed by atoms with Crippen LogP contribution in [0.2, 0.25) is 0 Å². The molecule has 0 saturated heterocycles. The molecule has 1 aromatic carbocycles. The number of hydrogen-bond donors (Lipinski definition) is 1. The van der Waals surface area contributed by atoms with Gasteiger partial charge in [0.2, 0.25) is 11.9 Å². The number of benzene rings is 1. The number of nitrogens with one attached hydrogen (secondary N) is 1. The van der Waals surface area contributed by atoms with E-state index in [1.54, 1.807) is 12.1 Å². The van der Waals surface area contributed by atoms with Crippen LogP contribution >= 0.6 is 0 Å². The topological polar surface area (TPSA) is 42.0 Å². The molecule has 0 spiro atoms. The van der Waals surface area contributed by atoms with Crippen LogP contribution in [0.25, 0.3) is 0 Å². The summed E-state index contributed by atoms with van der Waals surface area (Å²) in [5.41, 5.74) is 0.284. The zero-order chi connectivity index (χ0) is 13.0. The van der Waals surface area contributed by atoms with Crippen molar-refractivity contribution in [2.45, 2.75) is 6.42 Å². The molecule has 0 aliphatic rings. The summed E-state index contributed by atoms with van der Waals surface area (Å²) in [5, 5.41) is 2.40. The van der Waals surface area contributed by atoms with Crippen molar-refractivity contribution in [1.29, 1.82) is 0 Å². The Labute approximate surface area is 102 Å². The lowest BCUT2D eigenvalue weighted by atomic mass is 10.1. The van der Waals surface area contributed by atoms with Crippen LogP contribution in [0.5, 0.6) is 0 Å². The van der Waals surface area contributed by atoms with E-state index in [4.69, 9.17) is 0 Å². The molecule has 1 N–H and O–H groups in total. The van der Waals surface area contributed by atoms with Crippen molar-refractivity contribution < 1.29 is 13.6 Å². The van der Waals surface area contributed by atoms with Crippen molar-refractivity contribution >= 4 is 11.7 Å². The van der Waals surface area contributed by atoms with E-state index in [0.29, 0.717) is 0 Å². The second-order valence-electron chi connectivity index (χ2n) is 3.66. The maximum atomic E-state index is 13.3. The Hall–Kier alpha value is -2.30. The highest BCUT2D eigenvalue weighted by molar-refractivity contribution is 5.91. The molecule has 2 rings (SSSR count). The smallest absolute Gasteiger partial charge is 0.230 e. The second kappa shape index (κ2) is 5.35. The third-order valence-corrected chi connectivity index (χ3v) is 2.29. The Morgan fingerprint density at radius 3 is 2.61 bits per heavy atom. The molecule has 0 aliphatic heterocycles. The Bertz CT molecular complexity index is 572. The molecule has 0 bridgehead atoms. The lowest BCUT2D eigenvalue weighted by Gasteiger charge is -2.05. The van der Waals surface area contributed by atoms with E-state index in [1.165, 1.54) is 30.3 Å². The fourth-order valence-electron chi connectivity index (χ4n) is 1.48. The SMILES string of the molecule is O=C(Cc1ccccc1F)Nc1cccc(F)n1. The molecule has 5 heteroatoms. The number of amides is 1. The van der Waals surface area contributed by atoms with Gasteiger partial charge in [-0.25, -0.2) is 9.37 Å². The summed E-state index contributed by atoms with van der Waals surface area (Å²) in [5.74, 6) is -1.46. The van der Waals surface area contributed by atoms with E-state index >= 15 is 0 Å². The fourth-order valence-corrected chi connectivity index (χ4v) is 1.48. The van der Waals surface area contributed by atoms with Crippen molar-refractivity contribution in [3.05, 3.63) is 59.8 Å². The average molecular weight is 248 g/mol. The highest BCUT2D eigenvalue weighted by Gasteiger charge is 2.08. The van der Waals surface area contributed by atoms with Crippen LogP contribution in [-0.4, -0.2) is 10.9 Å². The van der Waals surface area contributed by atoms with Gasteiger partial charge in [0.25, 0.3) is 0 Å². The number of carbonyl (C=O) groups excluding carboxylic acids is 1. The third kappa shape index (κ3) is 3.10. The van der Waals surface area contributed by atoms with E-state index in [0.717, 1.165) is 0 Å². The Morgan fingerprint density at radius 2 is 1.89 bits per heavy atom. The van der Waals surface area contributed by atoms with Crippen molar-refractivity contribution in [2.75, 3.05) is 5.32 Å². The molecule has 0 unspecified atom stereocenters. The number of aromatic nitrogens is 1. The van der Waals surface area contributed by atoms with Gasteiger partial charge in [0.1, 0.15) is 11.6 Å². The monoisotopic (exact) mass is 248 g/mol. The first-order chi connectivity index (χ1) is 8.65. The van der Waals surface area contributed by atoms with Gasteiger partial charge in [-0.05, 0) is 23.8 Å². The summed E-state index contributed by atoms with van der Waals surface area (Å²) in [6.45, 7) is 0. The van der Waals surface area contributed by atoms with Crippen molar-refractivity contribution in [3.8, 4) is 0 Å². The van der Waals surface area contributed by atoms with E-state index in [9.17, 15) is 13.6 Å². The predicted molar refractivity (Wildman–Crippen MR) is 62.9 cm³/mol. The van der Waals surface area contributed by atoms with Gasteiger partial charge in [-0.15, -0.1) is 0 Å². The average Bonchev–Trinajstić information content (AvgIpc) is 2.32. The van der Waals surface area contributed by atoms with Gasteiger partial charge in [-0.2, -0.15) is 4.39 Å². The Kier molecular flexibility index (Phi) is 3.62. The number of nitrogens with zero attached hydrogens (tertiary/aromatic N) is 1. The first-order valence-corrected chi connectivity index (χ1v) is 5.31. The van der Waals surface area contributed by atoms with Gasteiger partial charge >= 0.3 is 0 Å². The van der Waals surface area contributed by atoms with Gasteiger partial charge in [0.05, 0.1) is 6.42 Å². The Balaban J connectivity index is 2.03. The molecule has 1 heterocycles. The molecule has 0 atom stereocenters. The number of halogens is 2. The molecule has 0 aliphatic carbocycles. The molecular formula is C13H10F2N2O. The quantitative estimate of drug-likeness (QED) is 0.848. The number of hydrogen-bond acceptors (Lipinski definition) is 2. The normalized spacial score (nSPS) is 10.1. The fraction of sp³-hybridized carbons (Fsp3) is 0.0769. The van der Waals surface area contributed by atoms with Gasteiger partial charge in [-0.1, -0.05) is 24.3 Å². The van der Waals surface area contributed by atoms with Gasteiger partial charge in [0.15, 0.2) is 0 Å².